The fraction of sp³-hybridized carbons (Fsp3) is 0.206. The van der Waals surface area contributed by atoms with Crippen LogP contribution in [0.1, 0.15) is 41.0 Å². The van der Waals surface area contributed by atoms with Crippen molar-refractivity contribution in [2.75, 3.05) is 18.1 Å². The van der Waals surface area contributed by atoms with Crippen molar-refractivity contribution < 1.29 is 28.6 Å². The quantitative estimate of drug-likeness (QED) is 0.0403. The van der Waals surface area contributed by atoms with Crippen molar-refractivity contribution in [3.8, 4) is 11.5 Å². The Kier molecular flexibility index (Phi) is 9.10. The van der Waals surface area contributed by atoms with E-state index in [9.17, 15) is 19.1 Å². The minimum atomic E-state index is -1.11. The van der Waals surface area contributed by atoms with Crippen molar-refractivity contribution in [2.24, 2.45) is 0 Å². The number of aryl methyl sites for hydroxylation is 2. The zero-order valence-corrected chi connectivity index (χ0v) is 27.4. The zero-order chi connectivity index (χ0) is 33.2. The van der Waals surface area contributed by atoms with Crippen LogP contribution in [0.5, 0.6) is 11.5 Å². The van der Waals surface area contributed by atoms with Crippen LogP contribution in [0.2, 0.25) is 0 Å². The molecule has 1 N–H and O–H groups in total. The van der Waals surface area contributed by atoms with Crippen LogP contribution >= 0.6 is 23.1 Å². The minimum Gasteiger partial charge on any atom is -0.505 e. The summed E-state index contributed by atoms with van der Waals surface area (Å²) in [7, 11) is 0. The Morgan fingerprint density at radius 1 is 1.11 bits per heavy atom. The average molecular weight is 672 g/mol. The van der Waals surface area contributed by atoms with E-state index in [1.807, 2.05) is 36.6 Å². The highest BCUT2D eigenvalue weighted by atomic mass is 32.2. The van der Waals surface area contributed by atoms with Gasteiger partial charge in [0.2, 0.25) is 5.13 Å². The van der Waals surface area contributed by atoms with Gasteiger partial charge in [-0.3, -0.25) is 14.5 Å². The summed E-state index contributed by atoms with van der Waals surface area (Å²) in [6, 6.07) is 14.1. The molecule has 1 unspecified atom stereocenters. The van der Waals surface area contributed by atoms with E-state index >= 15 is 0 Å². The molecule has 0 bridgehead atoms. The van der Waals surface area contributed by atoms with Gasteiger partial charge >= 0.3 is 5.91 Å². The van der Waals surface area contributed by atoms with Gasteiger partial charge in [-0.15, -0.1) is 10.2 Å². The maximum absolute atomic E-state index is 14.2. The molecule has 1 aliphatic heterocycles. The van der Waals surface area contributed by atoms with Gasteiger partial charge in [0, 0.05) is 11.9 Å². The Hall–Kier alpha value is -5.01. The highest BCUT2D eigenvalue weighted by Gasteiger charge is 2.49. The number of imidazole rings is 1. The number of rotatable bonds is 11. The normalized spacial score (nSPS) is 15.8. The van der Waals surface area contributed by atoms with E-state index in [0.29, 0.717) is 50.7 Å². The molecule has 1 aliphatic rings. The summed E-state index contributed by atoms with van der Waals surface area (Å²) in [4.78, 5) is 33.6. The summed E-state index contributed by atoms with van der Waals surface area (Å²) in [6.07, 6.45) is 3.42. The molecular formula is C34H30FN5O5S2. The van der Waals surface area contributed by atoms with Gasteiger partial charge in [-0.25, -0.2) is 9.37 Å². The molecule has 4 heterocycles. The molecule has 1 saturated heterocycles. The van der Waals surface area contributed by atoms with Crippen LogP contribution in [-0.4, -0.2) is 49.6 Å². The van der Waals surface area contributed by atoms with E-state index in [-0.39, 0.29) is 28.8 Å². The predicted molar refractivity (Wildman–Crippen MR) is 179 cm³/mol. The lowest BCUT2D eigenvalue weighted by atomic mass is 9.96. The van der Waals surface area contributed by atoms with Gasteiger partial charge in [-0.1, -0.05) is 66.1 Å². The van der Waals surface area contributed by atoms with Crippen molar-refractivity contribution in [3.05, 3.63) is 113 Å². The zero-order valence-electron chi connectivity index (χ0n) is 25.8. The fourth-order valence-electron chi connectivity index (χ4n) is 5.36. The number of aliphatic hydroxyl groups excluding tert-OH is 1. The summed E-state index contributed by atoms with van der Waals surface area (Å²) in [5.74, 6) is -1.42. The first kappa shape index (κ1) is 32.0. The number of anilines is 1. The topological polar surface area (TPSA) is 119 Å². The third-order valence-corrected chi connectivity index (χ3v) is 9.71. The molecule has 5 aromatic rings. The number of pyridine rings is 1. The third-order valence-electron chi connectivity index (χ3n) is 7.60. The lowest BCUT2D eigenvalue weighted by Crippen LogP contribution is -2.29. The molecular weight excluding hydrogens is 642 g/mol. The maximum atomic E-state index is 14.2. The first-order valence-electron chi connectivity index (χ1n) is 14.7. The number of ketones is 1. The third kappa shape index (κ3) is 5.99. The molecule has 1 amide bonds. The van der Waals surface area contributed by atoms with Crippen LogP contribution in [0, 0.1) is 19.7 Å². The lowest BCUT2D eigenvalue weighted by Gasteiger charge is -2.23. The molecule has 0 spiro atoms. The Morgan fingerprint density at radius 2 is 1.91 bits per heavy atom. The number of halogens is 1. The van der Waals surface area contributed by atoms with Gasteiger partial charge in [0.15, 0.2) is 21.6 Å². The molecule has 0 aliphatic carbocycles. The standard InChI is InChI=1S/C34H30FN5O5S2/c1-5-16-45-24-14-13-21(17-25(24)44-6-2)28-26(29(41)27-20(4)39-15-9-10-19(3)31(39)36-27)30(42)32(43)40(28)33-37-38-34(47-33)46-18-22-11-7-8-12-23(22)35/h5,7-15,17,28,41H,1,6,16,18H2,2-4H3/b29-26+. The van der Waals surface area contributed by atoms with E-state index in [1.165, 1.54) is 22.7 Å². The van der Waals surface area contributed by atoms with Crippen molar-refractivity contribution in [1.29, 1.82) is 0 Å². The number of Topliss-reactive ketones (excluding diaryl/α,β-unsaturated/α-hetero) is 1. The first-order valence-corrected chi connectivity index (χ1v) is 16.5. The molecule has 3 aromatic heterocycles. The molecule has 240 valence electrons. The number of ether oxygens (including phenoxy) is 2. The van der Waals surface area contributed by atoms with Gasteiger partial charge < -0.3 is 19.0 Å². The largest absolute Gasteiger partial charge is 0.505 e. The van der Waals surface area contributed by atoms with E-state index in [2.05, 4.69) is 21.8 Å². The van der Waals surface area contributed by atoms with E-state index < -0.39 is 23.5 Å². The molecule has 0 saturated carbocycles. The second-order valence-corrected chi connectivity index (χ2v) is 12.7. The summed E-state index contributed by atoms with van der Waals surface area (Å²) in [5, 5.41) is 20.4. The molecule has 1 fully saturated rings. The number of aromatic nitrogens is 4. The molecule has 2 aromatic carbocycles. The number of amides is 1. The van der Waals surface area contributed by atoms with Crippen molar-refractivity contribution in [3.63, 3.8) is 0 Å². The molecule has 0 radical (unpaired) electrons. The second kappa shape index (κ2) is 13.4. The van der Waals surface area contributed by atoms with Gasteiger partial charge in [-0.05, 0) is 61.7 Å². The van der Waals surface area contributed by atoms with Crippen molar-refractivity contribution in [1.82, 2.24) is 19.6 Å². The predicted octanol–water partition coefficient (Wildman–Crippen LogP) is 6.82. The van der Waals surface area contributed by atoms with Crippen LogP contribution in [-0.2, 0) is 15.3 Å². The Bertz CT molecular complexity index is 2060. The van der Waals surface area contributed by atoms with E-state index in [1.54, 1.807) is 49.4 Å². The Balaban J connectivity index is 1.47. The van der Waals surface area contributed by atoms with Gasteiger partial charge in [0.25, 0.3) is 5.78 Å². The van der Waals surface area contributed by atoms with Crippen molar-refractivity contribution in [2.45, 2.75) is 36.9 Å². The lowest BCUT2D eigenvalue weighted by molar-refractivity contribution is -0.132. The van der Waals surface area contributed by atoms with Crippen molar-refractivity contribution >= 4 is 51.3 Å². The van der Waals surface area contributed by atoms with Crippen LogP contribution in [0.15, 0.2) is 83.4 Å². The maximum Gasteiger partial charge on any atom is 0.301 e. The number of carbonyl (C=O) groups excluding carboxylic acids is 2. The number of fused-ring (bicyclic) bond motifs is 1. The number of benzene rings is 2. The number of hydrogen-bond donors (Lipinski definition) is 1. The number of hydrogen-bond acceptors (Lipinski definition) is 10. The van der Waals surface area contributed by atoms with Crippen LogP contribution < -0.4 is 14.4 Å². The highest BCUT2D eigenvalue weighted by Crippen LogP contribution is 2.46. The Morgan fingerprint density at radius 3 is 2.66 bits per heavy atom. The number of nitrogens with zero attached hydrogens (tertiary/aromatic N) is 5. The fourth-order valence-corrected chi connectivity index (χ4v) is 7.22. The molecule has 13 heteroatoms. The second-order valence-electron chi connectivity index (χ2n) is 10.6. The average Bonchev–Trinajstić information content (AvgIpc) is 3.75. The van der Waals surface area contributed by atoms with Crippen LogP contribution in [0.4, 0.5) is 9.52 Å². The highest BCUT2D eigenvalue weighted by molar-refractivity contribution is 8.00. The monoisotopic (exact) mass is 671 g/mol. The summed E-state index contributed by atoms with van der Waals surface area (Å²) >= 11 is 2.34. The van der Waals surface area contributed by atoms with Gasteiger partial charge in [0.1, 0.15) is 23.8 Å². The van der Waals surface area contributed by atoms with Crippen LogP contribution in [0.3, 0.4) is 0 Å². The first-order chi connectivity index (χ1) is 22.7. The molecule has 6 rings (SSSR count). The van der Waals surface area contributed by atoms with Gasteiger partial charge in [0.05, 0.1) is 23.9 Å². The van der Waals surface area contributed by atoms with E-state index in [0.717, 1.165) is 16.9 Å². The smallest absolute Gasteiger partial charge is 0.301 e. The minimum absolute atomic E-state index is 0.139. The summed E-state index contributed by atoms with van der Waals surface area (Å²) < 4.78 is 28.2. The number of aliphatic hydroxyl groups is 1. The Labute approximate surface area is 278 Å². The van der Waals surface area contributed by atoms with E-state index in [4.69, 9.17) is 9.47 Å². The SMILES string of the molecule is C=CCOc1ccc(C2/C(=C(\O)c3nc4c(C)cccn4c3C)C(=O)C(=O)N2c2nnc(SCc3ccccc3F)s2)cc1OCC. The summed E-state index contributed by atoms with van der Waals surface area (Å²) in [6.45, 7) is 9.76. The molecule has 47 heavy (non-hydrogen) atoms. The number of carbonyl (C=O) groups is 2. The number of thioether (sulfide) groups is 1. The summed E-state index contributed by atoms with van der Waals surface area (Å²) in [5.41, 5.74) is 3.06. The van der Waals surface area contributed by atoms with Crippen LogP contribution in [0.25, 0.3) is 11.4 Å². The van der Waals surface area contributed by atoms with Gasteiger partial charge in [-0.2, -0.15) is 0 Å². The molecule has 1 atom stereocenters. The molecule has 10 nitrogen and oxygen atoms in total.